The average molecular weight is 223 g/mol. The van der Waals surface area contributed by atoms with Crippen molar-refractivity contribution in [1.82, 2.24) is 9.97 Å². The van der Waals surface area contributed by atoms with Crippen LogP contribution in [0.3, 0.4) is 0 Å². The molecule has 1 aromatic rings. The number of aromatic carboxylic acids is 1. The zero-order chi connectivity index (χ0) is 11.4. The van der Waals surface area contributed by atoms with Gasteiger partial charge in [-0.25, -0.2) is 14.8 Å². The summed E-state index contributed by atoms with van der Waals surface area (Å²) in [4.78, 5) is 18.3. The third-order valence-corrected chi connectivity index (χ3v) is 2.38. The Hall–Kier alpha value is -1.69. The summed E-state index contributed by atoms with van der Waals surface area (Å²) in [6, 6.07) is 0.235. The molecule has 0 radical (unpaired) electrons. The maximum atomic E-state index is 10.6. The Kier molecular flexibility index (Phi) is 3.31. The number of carbonyl (C=O) groups is 1. The molecular weight excluding hydrogens is 210 g/mol. The lowest BCUT2D eigenvalue weighted by atomic mass is 10.1. The fraction of sp³-hybridized carbons (Fsp3) is 0.500. The number of aromatic nitrogens is 2. The van der Waals surface area contributed by atoms with Crippen LogP contribution in [0.1, 0.15) is 23.3 Å². The molecule has 0 spiro atoms. The molecule has 1 atom stereocenters. The van der Waals surface area contributed by atoms with Crippen molar-refractivity contribution in [3.63, 3.8) is 0 Å². The van der Waals surface area contributed by atoms with Crippen molar-refractivity contribution in [2.75, 3.05) is 18.5 Å². The Bertz CT molecular complexity index is 360. The molecule has 1 fully saturated rings. The second-order valence-corrected chi connectivity index (χ2v) is 3.65. The minimum atomic E-state index is -1.07. The van der Waals surface area contributed by atoms with Crippen molar-refractivity contribution in [3.8, 4) is 0 Å². The lowest BCUT2D eigenvalue weighted by Crippen LogP contribution is -2.30. The summed E-state index contributed by atoms with van der Waals surface area (Å²) in [5.41, 5.74) is -0.0505. The first-order valence-corrected chi connectivity index (χ1v) is 5.15. The highest BCUT2D eigenvalue weighted by Gasteiger charge is 2.14. The van der Waals surface area contributed by atoms with Crippen LogP contribution < -0.4 is 5.32 Å². The fourth-order valence-electron chi connectivity index (χ4n) is 1.58. The van der Waals surface area contributed by atoms with E-state index in [4.69, 9.17) is 9.84 Å². The highest BCUT2D eigenvalue weighted by atomic mass is 16.5. The summed E-state index contributed by atoms with van der Waals surface area (Å²) in [7, 11) is 0. The topological polar surface area (TPSA) is 84.3 Å². The normalized spacial score (nSPS) is 20.4. The molecule has 1 saturated heterocycles. The van der Waals surface area contributed by atoms with Gasteiger partial charge in [0.05, 0.1) is 25.0 Å². The molecular formula is C10H13N3O3. The molecule has 0 aromatic carbocycles. The van der Waals surface area contributed by atoms with Gasteiger partial charge in [-0.3, -0.25) is 0 Å². The highest BCUT2D eigenvalue weighted by molar-refractivity contribution is 5.84. The van der Waals surface area contributed by atoms with E-state index in [-0.39, 0.29) is 11.7 Å². The number of anilines is 1. The van der Waals surface area contributed by atoms with E-state index in [2.05, 4.69) is 15.3 Å². The minimum absolute atomic E-state index is 0.0505. The molecule has 16 heavy (non-hydrogen) atoms. The predicted octanol–water partition coefficient (Wildman–Crippen LogP) is 0.766. The number of carboxylic acid groups (broad SMARTS) is 1. The molecule has 1 aromatic heterocycles. The van der Waals surface area contributed by atoms with Crippen molar-refractivity contribution >= 4 is 11.8 Å². The Morgan fingerprint density at radius 2 is 2.38 bits per heavy atom. The smallest absolute Gasteiger partial charge is 0.356 e. The van der Waals surface area contributed by atoms with Gasteiger partial charge in [0, 0.05) is 6.61 Å². The van der Waals surface area contributed by atoms with Crippen LogP contribution >= 0.6 is 0 Å². The van der Waals surface area contributed by atoms with Crippen molar-refractivity contribution in [2.45, 2.75) is 18.9 Å². The molecule has 1 unspecified atom stereocenters. The van der Waals surface area contributed by atoms with E-state index >= 15 is 0 Å². The molecule has 0 saturated carbocycles. The van der Waals surface area contributed by atoms with E-state index in [0.29, 0.717) is 12.4 Å². The van der Waals surface area contributed by atoms with E-state index in [1.54, 1.807) is 0 Å². The van der Waals surface area contributed by atoms with Crippen LogP contribution in [0.5, 0.6) is 0 Å². The molecule has 6 heteroatoms. The molecule has 0 aliphatic carbocycles. The highest BCUT2D eigenvalue weighted by Crippen LogP contribution is 2.11. The van der Waals surface area contributed by atoms with E-state index in [1.165, 1.54) is 12.4 Å². The van der Waals surface area contributed by atoms with Crippen molar-refractivity contribution in [2.24, 2.45) is 0 Å². The van der Waals surface area contributed by atoms with Gasteiger partial charge < -0.3 is 15.2 Å². The molecule has 6 nitrogen and oxygen atoms in total. The second kappa shape index (κ2) is 4.89. The van der Waals surface area contributed by atoms with Crippen molar-refractivity contribution in [3.05, 3.63) is 18.1 Å². The summed E-state index contributed by atoms with van der Waals surface area (Å²) in [6.07, 6.45) is 4.73. The van der Waals surface area contributed by atoms with Crippen LogP contribution in [0.4, 0.5) is 5.82 Å². The molecule has 0 bridgehead atoms. The average Bonchev–Trinajstić information content (AvgIpc) is 2.31. The third-order valence-electron chi connectivity index (χ3n) is 2.38. The summed E-state index contributed by atoms with van der Waals surface area (Å²) in [5.74, 6) is -0.486. The van der Waals surface area contributed by atoms with Gasteiger partial charge in [-0.2, -0.15) is 0 Å². The van der Waals surface area contributed by atoms with Crippen molar-refractivity contribution < 1.29 is 14.6 Å². The Balaban J connectivity index is 1.96. The molecule has 1 aliphatic heterocycles. The molecule has 1 aliphatic rings. The summed E-state index contributed by atoms with van der Waals surface area (Å²) < 4.78 is 5.31. The van der Waals surface area contributed by atoms with Gasteiger partial charge in [-0.15, -0.1) is 0 Å². The number of hydrogen-bond acceptors (Lipinski definition) is 5. The van der Waals surface area contributed by atoms with E-state index in [1.807, 2.05) is 0 Å². The van der Waals surface area contributed by atoms with E-state index < -0.39 is 5.97 Å². The second-order valence-electron chi connectivity index (χ2n) is 3.65. The van der Waals surface area contributed by atoms with Gasteiger partial charge >= 0.3 is 5.97 Å². The maximum absolute atomic E-state index is 10.6. The predicted molar refractivity (Wildman–Crippen MR) is 56.5 cm³/mol. The molecule has 0 amide bonds. The molecule has 2 heterocycles. The minimum Gasteiger partial charge on any atom is -0.476 e. The maximum Gasteiger partial charge on any atom is 0.356 e. The van der Waals surface area contributed by atoms with Crippen LogP contribution in [0.15, 0.2) is 12.4 Å². The summed E-state index contributed by atoms with van der Waals surface area (Å²) >= 11 is 0. The SMILES string of the molecule is O=C(O)c1cnc(NC2CCCOC2)cn1. The Morgan fingerprint density at radius 3 is 2.94 bits per heavy atom. The van der Waals surface area contributed by atoms with Crippen LogP contribution in [0.2, 0.25) is 0 Å². The lowest BCUT2D eigenvalue weighted by molar-refractivity contribution is 0.0690. The molecule has 2 N–H and O–H groups in total. The standard InChI is InChI=1S/C10H13N3O3/c14-10(15)8-4-12-9(5-11-8)13-7-2-1-3-16-6-7/h4-5,7H,1-3,6H2,(H,12,13)(H,14,15). The van der Waals surface area contributed by atoms with E-state index in [0.717, 1.165) is 19.4 Å². The first-order chi connectivity index (χ1) is 7.75. The van der Waals surface area contributed by atoms with Gasteiger partial charge in [0.25, 0.3) is 0 Å². The Morgan fingerprint density at radius 1 is 1.50 bits per heavy atom. The monoisotopic (exact) mass is 223 g/mol. The van der Waals surface area contributed by atoms with Crippen LogP contribution in [-0.4, -0.2) is 40.3 Å². The molecule has 86 valence electrons. The summed E-state index contributed by atoms with van der Waals surface area (Å²) in [5, 5.41) is 11.8. The zero-order valence-corrected chi connectivity index (χ0v) is 8.72. The number of carboxylic acids is 1. The zero-order valence-electron chi connectivity index (χ0n) is 8.72. The number of hydrogen-bond donors (Lipinski definition) is 2. The molecule has 2 rings (SSSR count). The first-order valence-electron chi connectivity index (χ1n) is 5.15. The van der Waals surface area contributed by atoms with Gasteiger partial charge in [0.2, 0.25) is 0 Å². The van der Waals surface area contributed by atoms with Gasteiger partial charge in [-0.05, 0) is 12.8 Å². The summed E-state index contributed by atoms with van der Waals surface area (Å²) in [6.45, 7) is 1.46. The van der Waals surface area contributed by atoms with Gasteiger partial charge in [-0.1, -0.05) is 0 Å². The van der Waals surface area contributed by atoms with Gasteiger partial charge in [0.1, 0.15) is 5.82 Å². The lowest BCUT2D eigenvalue weighted by Gasteiger charge is -2.23. The number of ether oxygens (including phenoxy) is 1. The van der Waals surface area contributed by atoms with Crippen LogP contribution in [0.25, 0.3) is 0 Å². The van der Waals surface area contributed by atoms with Gasteiger partial charge in [0.15, 0.2) is 5.69 Å². The Labute approximate surface area is 92.7 Å². The number of nitrogens with one attached hydrogen (secondary N) is 1. The van der Waals surface area contributed by atoms with Crippen LogP contribution in [-0.2, 0) is 4.74 Å². The largest absolute Gasteiger partial charge is 0.476 e. The van der Waals surface area contributed by atoms with Crippen molar-refractivity contribution in [1.29, 1.82) is 0 Å². The first kappa shape index (κ1) is 10.8. The van der Waals surface area contributed by atoms with Crippen LogP contribution in [0, 0.1) is 0 Å². The number of rotatable bonds is 3. The van der Waals surface area contributed by atoms with E-state index in [9.17, 15) is 4.79 Å². The quantitative estimate of drug-likeness (QED) is 0.787. The third kappa shape index (κ3) is 2.66. The fourth-order valence-corrected chi connectivity index (χ4v) is 1.58. The number of nitrogens with zero attached hydrogens (tertiary/aromatic N) is 2.